The van der Waals surface area contributed by atoms with E-state index in [4.69, 9.17) is 4.74 Å². The molecule has 0 N–H and O–H groups in total. The van der Waals surface area contributed by atoms with Gasteiger partial charge < -0.3 is 4.74 Å². The first-order chi connectivity index (χ1) is 13.7. The van der Waals surface area contributed by atoms with E-state index in [-0.39, 0.29) is 11.0 Å². The Morgan fingerprint density at radius 1 is 1.07 bits per heavy atom. The van der Waals surface area contributed by atoms with Gasteiger partial charge in [0, 0.05) is 5.56 Å². The Bertz CT molecular complexity index is 1110. The first-order valence-electron chi connectivity index (χ1n) is 8.76. The van der Waals surface area contributed by atoms with E-state index in [1.807, 2.05) is 37.3 Å². The first kappa shape index (κ1) is 18.2. The van der Waals surface area contributed by atoms with Crippen LogP contribution < -0.4 is 4.74 Å². The molecule has 0 radical (unpaired) electrons. The second kappa shape index (κ2) is 7.82. The predicted octanol–water partition coefficient (Wildman–Crippen LogP) is 4.19. The van der Waals surface area contributed by atoms with Gasteiger partial charge in [-0.05, 0) is 43.3 Å². The van der Waals surface area contributed by atoms with E-state index in [1.54, 1.807) is 42.3 Å². The Morgan fingerprint density at radius 3 is 2.54 bits per heavy atom. The second-order valence-corrected chi connectivity index (χ2v) is 7.49. The van der Waals surface area contributed by atoms with Crippen LogP contribution in [0.1, 0.15) is 17.3 Å². The molecule has 2 heterocycles. The molecule has 0 aliphatic heterocycles. The molecule has 7 heteroatoms. The van der Waals surface area contributed by atoms with Crippen LogP contribution >= 0.6 is 11.8 Å². The predicted molar refractivity (Wildman–Crippen MR) is 109 cm³/mol. The lowest BCUT2D eigenvalue weighted by Crippen LogP contribution is -2.13. The average Bonchev–Trinajstić information content (AvgIpc) is 3.19. The highest BCUT2D eigenvalue weighted by Crippen LogP contribution is 2.30. The molecule has 0 fully saturated rings. The Kier molecular flexibility index (Phi) is 5.08. The number of hydrogen-bond acceptors (Lipinski definition) is 6. The number of ketones is 1. The number of carbonyl (C=O) groups excluding carboxylic acids is 1. The normalized spacial score (nSPS) is 12.1. The van der Waals surface area contributed by atoms with Crippen molar-refractivity contribution in [3.05, 3.63) is 72.7 Å². The maximum absolute atomic E-state index is 12.8. The van der Waals surface area contributed by atoms with Crippen LogP contribution in [0.4, 0.5) is 0 Å². The molecular formula is C21H18N4O2S. The van der Waals surface area contributed by atoms with Crippen molar-refractivity contribution in [3.8, 4) is 11.4 Å². The van der Waals surface area contributed by atoms with Crippen molar-refractivity contribution in [2.24, 2.45) is 0 Å². The summed E-state index contributed by atoms with van der Waals surface area (Å²) in [6.07, 6.45) is 3.26. The van der Waals surface area contributed by atoms with Crippen LogP contribution in [0.5, 0.6) is 5.75 Å². The molecule has 0 aliphatic rings. The molecular weight excluding hydrogens is 372 g/mol. The lowest BCUT2D eigenvalue weighted by atomic mass is 10.1. The first-order valence-corrected chi connectivity index (χ1v) is 9.64. The molecule has 0 saturated heterocycles. The minimum absolute atomic E-state index is 0.0369. The van der Waals surface area contributed by atoms with Crippen molar-refractivity contribution < 1.29 is 9.53 Å². The summed E-state index contributed by atoms with van der Waals surface area (Å²) in [4.78, 5) is 21.6. The van der Waals surface area contributed by atoms with Crippen molar-refractivity contribution in [2.45, 2.75) is 17.2 Å². The SMILES string of the molecule is COc1ccc(C(=O)[C@H](C)Sc2ncnc3c2cnn3-c2ccccc2)cc1. The minimum atomic E-state index is -0.299. The van der Waals surface area contributed by atoms with Crippen LogP contribution in [-0.4, -0.2) is 37.9 Å². The highest BCUT2D eigenvalue weighted by Gasteiger charge is 2.20. The van der Waals surface area contributed by atoms with Gasteiger partial charge >= 0.3 is 0 Å². The molecule has 4 rings (SSSR count). The van der Waals surface area contributed by atoms with Gasteiger partial charge in [0.25, 0.3) is 0 Å². The number of carbonyl (C=O) groups is 1. The molecule has 6 nitrogen and oxygen atoms in total. The van der Waals surface area contributed by atoms with Gasteiger partial charge in [-0.3, -0.25) is 4.79 Å². The number of methoxy groups -OCH3 is 1. The number of fused-ring (bicyclic) bond motifs is 1. The third-order valence-electron chi connectivity index (χ3n) is 4.36. The number of hydrogen-bond donors (Lipinski definition) is 0. The summed E-state index contributed by atoms with van der Waals surface area (Å²) in [5.74, 6) is 0.762. The van der Waals surface area contributed by atoms with Crippen LogP contribution in [0.15, 0.2) is 72.1 Å². The maximum atomic E-state index is 12.8. The molecule has 2 aromatic heterocycles. The number of thioether (sulfide) groups is 1. The Morgan fingerprint density at radius 2 is 1.82 bits per heavy atom. The van der Waals surface area contributed by atoms with Crippen LogP contribution in [-0.2, 0) is 0 Å². The van der Waals surface area contributed by atoms with Gasteiger partial charge in [-0.15, -0.1) is 0 Å². The van der Waals surface area contributed by atoms with Crippen molar-refractivity contribution in [1.29, 1.82) is 0 Å². The fourth-order valence-corrected chi connectivity index (χ4v) is 3.84. The van der Waals surface area contributed by atoms with E-state index in [0.29, 0.717) is 11.2 Å². The standard InChI is InChI=1S/C21H18N4O2S/c1-14(19(26)15-8-10-17(27-2)11-9-15)28-21-18-12-24-25(20(18)22-13-23-21)16-6-4-3-5-7-16/h3-14H,1-2H3/t14-/m0/s1. The number of Topliss-reactive ketones (excluding diaryl/α,β-unsaturated/α-hetero) is 1. The van der Waals surface area contributed by atoms with Crippen molar-refractivity contribution in [3.63, 3.8) is 0 Å². The zero-order chi connectivity index (χ0) is 19.5. The molecule has 0 unspecified atom stereocenters. The van der Waals surface area contributed by atoms with Crippen molar-refractivity contribution in [1.82, 2.24) is 19.7 Å². The zero-order valence-electron chi connectivity index (χ0n) is 15.4. The summed E-state index contributed by atoms with van der Waals surface area (Å²) in [5.41, 5.74) is 2.29. The van der Waals surface area contributed by atoms with Crippen LogP contribution in [0, 0.1) is 0 Å². The van der Waals surface area contributed by atoms with Crippen molar-refractivity contribution >= 4 is 28.6 Å². The molecule has 1 atom stereocenters. The fourth-order valence-electron chi connectivity index (χ4n) is 2.89. The average molecular weight is 390 g/mol. The summed E-state index contributed by atoms with van der Waals surface area (Å²) in [5, 5.41) is 5.72. The molecule has 0 aliphatic carbocycles. The van der Waals surface area contributed by atoms with Gasteiger partial charge in [0.15, 0.2) is 11.4 Å². The van der Waals surface area contributed by atoms with Gasteiger partial charge in [0.2, 0.25) is 0 Å². The molecule has 0 saturated carbocycles. The number of para-hydroxylation sites is 1. The molecule has 0 bridgehead atoms. The van der Waals surface area contributed by atoms with Crippen LogP contribution in [0.2, 0.25) is 0 Å². The number of benzene rings is 2. The number of nitrogens with zero attached hydrogens (tertiary/aromatic N) is 4. The van der Waals surface area contributed by atoms with Crippen LogP contribution in [0.3, 0.4) is 0 Å². The van der Waals surface area contributed by atoms with E-state index in [2.05, 4.69) is 15.1 Å². The number of aromatic nitrogens is 4. The van der Waals surface area contributed by atoms with E-state index in [9.17, 15) is 4.79 Å². The number of ether oxygens (including phenoxy) is 1. The summed E-state index contributed by atoms with van der Waals surface area (Å²) < 4.78 is 6.92. The minimum Gasteiger partial charge on any atom is -0.497 e. The summed E-state index contributed by atoms with van der Waals surface area (Å²) in [6.45, 7) is 1.88. The molecule has 2 aromatic carbocycles. The lowest BCUT2D eigenvalue weighted by molar-refractivity contribution is 0.0994. The number of rotatable bonds is 6. The van der Waals surface area contributed by atoms with Gasteiger partial charge in [-0.1, -0.05) is 30.0 Å². The lowest BCUT2D eigenvalue weighted by Gasteiger charge is -2.11. The Balaban J connectivity index is 1.60. The van der Waals surface area contributed by atoms with Gasteiger partial charge in [-0.2, -0.15) is 5.10 Å². The van der Waals surface area contributed by atoms with E-state index >= 15 is 0 Å². The van der Waals surface area contributed by atoms with E-state index < -0.39 is 0 Å². The molecule has 140 valence electrons. The molecule has 4 aromatic rings. The third kappa shape index (κ3) is 3.48. The Labute approximate surface area is 166 Å². The van der Waals surface area contributed by atoms with Crippen LogP contribution in [0.25, 0.3) is 16.7 Å². The summed E-state index contributed by atoms with van der Waals surface area (Å²) in [6, 6.07) is 16.9. The second-order valence-electron chi connectivity index (χ2n) is 6.16. The topological polar surface area (TPSA) is 69.9 Å². The summed E-state index contributed by atoms with van der Waals surface area (Å²) in [7, 11) is 1.60. The summed E-state index contributed by atoms with van der Waals surface area (Å²) >= 11 is 1.41. The van der Waals surface area contributed by atoms with Gasteiger partial charge in [0.05, 0.1) is 29.6 Å². The third-order valence-corrected chi connectivity index (χ3v) is 5.48. The largest absolute Gasteiger partial charge is 0.497 e. The Hall–Kier alpha value is -3.19. The molecule has 0 amide bonds. The molecule has 0 spiro atoms. The van der Waals surface area contributed by atoms with E-state index in [1.165, 1.54) is 18.1 Å². The quantitative estimate of drug-likeness (QED) is 0.279. The van der Waals surface area contributed by atoms with Crippen molar-refractivity contribution in [2.75, 3.05) is 7.11 Å². The fraction of sp³-hybridized carbons (Fsp3) is 0.143. The highest BCUT2D eigenvalue weighted by molar-refractivity contribution is 8.00. The smallest absolute Gasteiger partial charge is 0.175 e. The van der Waals surface area contributed by atoms with Gasteiger partial charge in [0.1, 0.15) is 17.1 Å². The monoisotopic (exact) mass is 390 g/mol. The zero-order valence-corrected chi connectivity index (χ0v) is 16.3. The van der Waals surface area contributed by atoms with E-state index in [0.717, 1.165) is 21.8 Å². The van der Waals surface area contributed by atoms with Gasteiger partial charge in [-0.25, -0.2) is 14.6 Å². The highest BCUT2D eigenvalue weighted by atomic mass is 32.2. The molecule has 28 heavy (non-hydrogen) atoms. The maximum Gasteiger partial charge on any atom is 0.175 e.